The summed E-state index contributed by atoms with van der Waals surface area (Å²) >= 11 is 13.4. The van der Waals surface area contributed by atoms with Gasteiger partial charge < -0.3 is 19.5 Å². The van der Waals surface area contributed by atoms with Gasteiger partial charge in [-0.1, -0.05) is 35.3 Å². The fraction of sp³-hybridized carbons (Fsp3) is 0.406. The number of alkyl carbamates (subject to hydrolysis) is 1. The molecular weight excluding hydrogens is 711 g/mol. The van der Waals surface area contributed by atoms with E-state index in [1.54, 1.807) is 47.6 Å². The highest BCUT2D eigenvalue weighted by molar-refractivity contribution is 7.93. The minimum Gasteiger partial charge on any atom is -0.491 e. The Labute approximate surface area is 292 Å². The molecule has 0 fully saturated rings. The number of ether oxygens (including phenoxy) is 3. The molecule has 3 aromatic rings. The zero-order chi connectivity index (χ0) is 35.6. The molecule has 1 unspecified atom stereocenters. The summed E-state index contributed by atoms with van der Waals surface area (Å²) in [6, 6.07) is 5.37. The van der Waals surface area contributed by atoms with E-state index in [1.807, 2.05) is 6.08 Å². The van der Waals surface area contributed by atoms with E-state index in [0.717, 1.165) is 23.5 Å². The van der Waals surface area contributed by atoms with Gasteiger partial charge >= 0.3 is 12.2 Å². The number of halogens is 4. The molecular formula is C32H35Cl2F2N3O7S2. The van der Waals surface area contributed by atoms with Crippen molar-refractivity contribution in [2.75, 3.05) is 10.9 Å². The second kappa shape index (κ2) is 14.6. The fourth-order valence-corrected chi connectivity index (χ4v) is 7.19. The van der Waals surface area contributed by atoms with Crippen molar-refractivity contribution in [1.82, 2.24) is 10.3 Å². The standard InChI is InChI=1S/C32H35Cl2F2N3O7S2/c1-31(2,3)45-29(40)38-25-9-7-8-19(18-10-11-21(33)23(35)12-18)20(25)15-44-26-14-24(36)27(13-22(26)34)48(42,43)39(28-16-47-17-37-28)30(41)46-32(4,5)6/h8,10-14,16-17,20,25H,7,9,15H2,1-6H3,(H,38,40)/t20?,25-/m1/s1. The van der Waals surface area contributed by atoms with Gasteiger partial charge in [0.2, 0.25) is 0 Å². The Morgan fingerprint density at radius 1 is 1.02 bits per heavy atom. The van der Waals surface area contributed by atoms with E-state index in [1.165, 1.54) is 23.0 Å². The van der Waals surface area contributed by atoms with Gasteiger partial charge in [0.1, 0.15) is 33.5 Å². The number of carbonyl (C=O) groups is 2. The van der Waals surface area contributed by atoms with Crippen LogP contribution in [0.3, 0.4) is 0 Å². The highest BCUT2D eigenvalue weighted by Gasteiger charge is 2.39. The SMILES string of the molecule is CC(C)(C)OC(=O)N[C@@H]1CCC=C(c2ccc(Cl)c(F)c2)C1COc1cc(F)c(S(=O)(=O)N(C(=O)OC(C)(C)C)c2cscn2)cc1Cl. The lowest BCUT2D eigenvalue weighted by Gasteiger charge is -2.34. The highest BCUT2D eigenvalue weighted by Crippen LogP contribution is 2.38. The number of anilines is 1. The Bertz CT molecular complexity index is 1810. The van der Waals surface area contributed by atoms with Crippen molar-refractivity contribution in [3.63, 3.8) is 0 Å². The maximum absolute atomic E-state index is 15.7. The third kappa shape index (κ3) is 9.16. The van der Waals surface area contributed by atoms with Gasteiger partial charge in [-0.15, -0.1) is 15.6 Å². The van der Waals surface area contributed by atoms with Crippen LogP contribution < -0.4 is 14.4 Å². The van der Waals surface area contributed by atoms with Gasteiger partial charge in [-0.25, -0.2) is 31.8 Å². The first-order valence-electron chi connectivity index (χ1n) is 14.7. The average molecular weight is 747 g/mol. The van der Waals surface area contributed by atoms with E-state index in [-0.39, 0.29) is 32.5 Å². The number of hydrogen-bond donors (Lipinski definition) is 1. The predicted octanol–water partition coefficient (Wildman–Crippen LogP) is 8.62. The number of thiazole rings is 1. The van der Waals surface area contributed by atoms with Crippen LogP contribution in [0.15, 0.2) is 52.2 Å². The number of allylic oxidation sites excluding steroid dienone is 1. The number of benzene rings is 2. The molecule has 2 amide bonds. The molecule has 0 saturated heterocycles. The quantitative estimate of drug-likeness (QED) is 0.243. The molecule has 0 saturated carbocycles. The monoisotopic (exact) mass is 745 g/mol. The van der Waals surface area contributed by atoms with Crippen LogP contribution in [0.1, 0.15) is 59.9 Å². The third-order valence-corrected chi connectivity index (χ3v) is 9.65. The van der Waals surface area contributed by atoms with Crippen LogP contribution in [0.25, 0.3) is 5.57 Å². The van der Waals surface area contributed by atoms with E-state index in [9.17, 15) is 22.4 Å². The van der Waals surface area contributed by atoms with E-state index in [0.29, 0.717) is 24.0 Å². The van der Waals surface area contributed by atoms with Gasteiger partial charge in [0.05, 0.1) is 22.2 Å². The Kier molecular flexibility index (Phi) is 11.3. The molecule has 2 atom stereocenters. The largest absolute Gasteiger partial charge is 0.491 e. The lowest BCUT2D eigenvalue weighted by atomic mass is 9.80. The summed E-state index contributed by atoms with van der Waals surface area (Å²) in [6.45, 7) is 9.61. The van der Waals surface area contributed by atoms with Crippen LogP contribution in [-0.4, -0.2) is 49.4 Å². The van der Waals surface area contributed by atoms with E-state index in [2.05, 4.69) is 10.3 Å². The molecule has 16 heteroatoms. The van der Waals surface area contributed by atoms with Crippen LogP contribution in [-0.2, 0) is 19.5 Å². The Hall–Kier alpha value is -3.46. The molecule has 1 aromatic heterocycles. The minimum absolute atomic E-state index is 0.0660. The van der Waals surface area contributed by atoms with E-state index >= 15 is 4.39 Å². The van der Waals surface area contributed by atoms with Crippen molar-refractivity contribution in [3.05, 3.63) is 74.5 Å². The lowest BCUT2D eigenvalue weighted by molar-refractivity contribution is 0.0480. The maximum Gasteiger partial charge on any atom is 0.430 e. The zero-order valence-electron chi connectivity index (χ0n) is 27.0. The zero-order valence-corrected chi connectivity index (χ0v) is 30.1. The van der Waals surface area contributed by atoms with E-state index in [4.69, 9.17) is 37.4 Å². The molecule has 1 aliphatic rings. The number of nitrogens with zero attached hydrogens (tertiary/aromatic N) is 2. The lowest BCUT2D eigenvalue weighted by Crippen LogP contribution is -2.46. The summed E-state index contributed by atoms with van der Waals surface area (Å²) in [5.74, 6) is -3.02. The highest BCUT2D eigenvalue weighted by atomic mass is 35.5. The van der Waals surface area contributed by atoms with Gasteiger partial charge in [0.15, 0.2) is 5.82 Å². The van der Waals surface area contributed by atoms with Crippen molar-refractivity contribution in [3.8, 4) is 5.75 Å². The van der Waals surface area contributed by atoms with Crippen LogP contribution in [0, 0.1) is 17.6 Å². The van der Waals surface area contributed by atoms with Crippen LogP contribution in [0.2, 0.25) is 10.0 Å². The van der Waals surface area contributed by atoms with Crippen LogP contribution >= 0.6 is 34.5 Å². The van der Waals surface area contributed by atoms with Crippen molar-refractivity contribution in [2.24, 2.45) is 5.92 Å². The van der Waals surface area contributed by atoms with Gasteiger partial charge in [0, 0.05) is 23.4 Å². The summed E-state index contributed by atoms with van der Waals surface area (Å²) in [4.78, 5) is 28.8. The number of carbonyl (C=O) groups excluding carboxylic acids is 2. The van der Waals surface area contributed by atoms with Gasteiger partial charge in [-0.05, 0) is 83.7 Å². The Morgan fingerprint density at radius 2 is 1.71 bits per heavy atom. The summed E-state index contributed by atoms with van der Waals surface area (Å²) in [5.41, 5.74) is 0.581. The molecule has 0 aliphatic heterocycles. The predicted molar refractivity (Wildman–Crippen MR) is 180 cm³/mol. The third-order valence-electron chi connectivity index (χ3n) is 6.79. The van der Waals surface area contributed by atoms with Crippen molar-refractivity contribution in [2.45, 2.75) is 76.5 Å². The molecule has 10 nitrogen and oxygen atoms in total. The summed E-state index contributed by atoms with van der Waals surface area (Å²) < 4.78 is 74.5. The van der Waals surface area contributed by atoms with Crippen LogP contribution in [0.4, 0.5) is 24.2 Å². The molecule has 48 heavy (non-hydrogen) atoms. The smallest absolute Gasteiger partial charge is 0.430 e. The number of sulfonamides is 1. The Balaban J connectivity index is 1.66. The first-order chi connectivity index (χ1) is 22.3. The number of nitrogens with one attached hydrogen (secondary N) is 1. The topological polar surface area (TPSA) is 124 Å². The number of hydrogen-bond acceptors (Lipinski definition) is 9. The average Bonchev–Trinajstić information content (AvgIpc) is 3.47. The van der Waals surface area contributed by atoms with Crippen molar-refractivity contribution >= 4 is 68.1 Å². The van der Waals surface area contributed by atoms with Crippen LogP contribution in [0.5, 0.6) is 5.75 Å². The summed E-state index contributed by atoms with van der Waals surface area (Å²) in [7, 11) is -4.92. The normalized spacial score (nSPS) is 16.9. The molecule has 1 aliphatic carbocycles. The molecule has 260 valence electrons. The number of rotatable bonds is 8. The summed E-state index contributed by atoms with van der Waals surface area (Å²) in [5, 5.41) is 3.80. The molecule has 1 N–H and O–H groups in total. The van der Waals surface area contributed by atoms with Gasteiger partial charge in [-0.2, -0.15) is 0 Å². The first kappa shape index (κ1) is 37.4. The molecule has 2 aromatic carbocycles. The minimum atomic E-state index is -4.92. The van der Waals surface area contributed by atoms with Crippen molar-refractivity contribution in [1.29, 1.82) is 0 Å². The number of amides is 2. The van der Waals surface area contributed by atoms with E-state index < -0.39 is 61.9 Å². The molecule has 4 rings (SSSR count). The molecule has 0 bridgehead atoms. The van der Waals surface area contributed by atoms with Crippen molar-refractivity contribution < 1.29 is 41.0 Å². The maximum atomic E-state index is 15.7. The molecule has 1 heterocycles. The second-order valence-electron chi connectivity index (χ2n) is 12.8. The molecule has 0 radical (unpaired) electrons. The number of aromatic nitrogens is 1. The van der Waals surface area contributed by atoms with Gasteiger partial charge in [0.25, 0.3) is 10.0 Å². The Morgan fingerprint density at radius 3 is 2.31 bits per heavy atom. The van der Waals surface area contributed by atoms with Gasteiger partial charge in [-0.3, -0.25) is 0 Å². The molecule has 0 spiro atoms. The first-order valence-corrected chi connectivity index (χ1v) is 17.8. The summed E-state index contributed by atoms with van der Waals surface area (Å²) in [6.07, 6.45) is 0.929. The second-order valence-corrected chi connectivity index (χ2v) is 16.1. The fourth-order valence-electron chi connectivity index (χ4n) is 4.85.